The Labute approximate surface area is 149 Å². The molecule has 1 aromatic heterocycles. The summed E-state index contributed by atoms with van der Waals surface area (Å²) in [7, 11) is 1.73. The molecule has 120 valence electrons. The molecule has 0 unspecified atom stereocenters. The van der Waals surface area contributed by atoms with Crippen molar-refractivity contribution in [3.63, 3.8) is 0 Å². The molecule has 1 aliphatic heterocycles. The Bertz CT molecular complexity index is 793. The molecule has 0 spiro atoms. The number of rotatable bonds is 2. The molecule has 5 rings (SSSR count). The molecule has 2 aromatic rings. The number of benzene rings is 1. The molecule has 1 N–H and O–H groups in total. The van der Waals surface area contributed by atoms with E-state index in [0.29, 0.717) is 5.92 Å². The third kappa shape index (κ3) is 2.16. The molecule has 2 saturated carbocycles. The molecule has 0 amide bonds. The number of ether oxygens (including phenoxy) is 1. The maximum Gasteiger partial charge on any atom is 0.159 e. The smallest absolute Gasteiger partial charge is 0.159 e. The summed E-state index contributed by atoms with van der Waals surface area (Å²) in [4.78, 5) is 4.93. The molecule has 0 saturated heterocycles. The zero-order valence-corrected chi connectivity index (χ0v) is 15.4. The van der Waals surface area contributed by atoms with Gasteiger partial charge in [-0.15, -0.1) is 23.1 Å². The average molecular weight is 362 g/mol. The molecule has 2 aliphatic carbocycles. The first-order valence-electron chi connectivity index (χ1n) is 8.28. The second-order valence-electron chi connectivity index (χ2n) is 6.95. The number of thiazole rings is 1. The van der Waals surface area contributed by atoms with Crippen LogP contribution in [-0.4, -0.2) is 17.3 Å². The molecule has 2 nitrogen and oxygen atoms in total. The first-order chi connectivity index (χ1) is 11.2. The lowest BCUT2D eigenvalue weighted by atomic mass is 9.75. The van der Waals surface area contributed by atoms with Crippen LogP contribution in [0.4, 0.5) is 0 Å². The lowest BCUT2D eigenvalue weighted by Crippen LogP contribution is -2.33. The highest BCUT2D eigenvalue weighted by Gasteiger charge is 2.54. The van der Waals surface area contributed by atoms with Crippen LogP contribution in [0.2, 0.25) is 0 Å². The molecule has 3 aliphatic rings. The second kappa shape index (κ2) is 5.36. The van der Waals surface area contributed by atoms with Gasteiger partial charge in [-0.1, -0.05) is 12.1 Å². The van der Waals surface area contributed by atoms with Crippen LogP contribution in [0.5, 0.6) is 5.75 Å². The van der Waals surface area contributed by atoms with Gasteiger partial charge in [0.15, 0.2) is 3.95 Å². The van der Waals surface area contributed by atoms with Crippen molar-refractivity contribution in [2.45, 2.75) is 35.5 Å². The van der Waals surface area contributed by atoms with Crippen molar-refractivity contribution < 1.29 is 4.74 Å². The Hall–Kier alpha value is -0.780. The first-order valence-corrected chi connectivity index (χ1v) is 10.4. The monoisotopic (exact) mass is 361 g/mol. The first kappa shape index (κ1) is 14.6. The number of aromatic amines is 1. The molecule has 2 bridgehead atoms. The Morgan fingerprint density at radius 2 is 1.96 bits per heavy atom. The Morgan fingerprint density at radius 1 is 1.17 bits per heavy atom. The van der Waals surface area contributed by atoms with E-state index >= 15 is 0 Å². The normalized spacial score (nSPS) is 34.2. The van der Waals surface area contributed by atoms with E-state index in [0.717, 1.165) is 32.7 Å². The molecular formula is C18H19NOS3. The minimum absolute atomic E-state index is 0.510. The molecule has 23 heavy (non-hydrogen) atoms. The highest BCUT2D eigenvalue weighted by molar-refractivity contribution is 8.00. The van der Waals surface area contributed by atoms with Crippen molar-refractivity contribution in [3.8, 4) is 5.75 Å². The van der Waals surface area contributed by atoms with Gasteiger partial charge in [0, 0.05) is 16.0 Å². The SMILES string of the molecule is COc1ccc([C@H]2c3sc(=S)[nH]c3S[C@H]3[C@@H]4CC[C@H](C4)[C@H]23)cc1. The zero-order valence-electron chi connectivity index (χ0n) is 13.0. The van der Waals surface area contributed by atoms with Gasteiger partial charge in [0.05, 0.1) is 12.1 Å². The summed E-state index contributed by atoms with van der Waals surface area (Å²) in [5, 5.41) is 2.11. The van der Waals surface area contributed by atoms with Crippen molar-refractivity contribution in [1.82, 2.24) is 4.98 Å². The second-order valence-corrected chi connectivity index (χ2v) is 9.86. The number of hydrogen-bond donors (Lipinski definition) is 1. The number of H-pyrrole nitrogens is 1. The van der Waals surface area contributed by atoms with E-state index in [9.17, 15) is 0 Å². The predicted octanol–water partition coefficient (Wildman–Crippen LogP) is 5.47. The van der Waals surface area contributed by atoms with Gasteiger partial charge >= 0.3 is 0 Å². The van der Waals surface area contributed by atoms with Crippen LogP contribution in [0.25, 0.3) is 0 Å². The lowest BCUT2D eigenvalue weighted by molar-refractivity contribution is 0.307. The van der Waals surface area contributed by atoms with Crippen molar-refractivity contribution >= 4 is 35.3 Å². The van der Waals surface area contributed by atoms with Gasteiger partial charge in [0.1, 0.15) is 5.75 Å². The third-order valence-electron chi connectivity index (χ3n) is 5.94. The van der Waals surface area contributed by atoms with Crippen LogP contribution in [0.3, 0.4) is 0 Å². The number of methoxy groups -OCH3 is 1. The van der Waals surface area contributed by atoms with Gasteiger partial charge in [-0.2, -0.15) is 0 Å². The van der Waals surface area contributed by atoms with Crippen LogP contribution in [0, 0.1) is 21.7 Å². The van der Waals surface area contributed by atoms with E-state index in [1.165, 1.54) is 34.7 Å². The predicted molar refractivity (Wildman–Crippen MR) is 98.3 cm³/mol. The minimum Gasteiger partial charge on any atom is -0.497 e. The summed E-state index contributed by atoms with van der Waals surface area (Å²) >= 11 is 9.33. The van der Waals surface area contributed by atoms with E-state index in [1.807, 2.05) is 0 Å². The number of fused-ring (bicyclic) bond motifs is 6. The zero-order chi connectivity index (χ0) is 15.6. The Kier molecular flexibility index (Phi) is 3.39. The maximum atomic E-state index is 5.46. The van der Waals surface area contributed by atoms with Crippen molar-refractivity contribution in [3.05, 3.63) is 38.7 Å². The summed E-state index contributed by atoms with van der Waals surface area (Å²) in [5.41, 5.74) is 1.43. The molecule has 5 heteroatoms. The molecule has 2 fully saturated rings. The number of hydrogen-bond acceptors (Lipinski definition) is 4. The number of nitrogens with one attached hydrogen (secondary N) is 1. The van der Waals surface area contributed by atoms with Crippen molar-refractivity contribution in [2.75, 3.05) is 7.11 Å². The Balaban J connectivity index is 1.64. The topological polar surface area (TPSA) is 25.0 Å². The lowest BCUT2D eigenvalue weighted by Gasteiger charge is -2.40. The summed E-state index contributed by atoms with van der Waals surface area (Å²) < 4.78 is 6.27. The van der Waals surface area contributed by atoms with Crippen molar-refractivity contribution in [1.29, 1.82) is 0 Å². The third-order valence-corrected chi connectivity index (χ3v) is 8.92. The van der Waals surface area contributed by atoms with Crippen molar-refractivity contribution in [2.24, 2.45) is 17.8 Å². The van der Waals surface area contributed by atoms with Crippen LogP contribution in [-0.2, 0) is 0 Å². The standard InChI is InChI=1S/C18H19NOS3/c1-20-12-6-4-9(5-7-12)13-14-10-2-3-11(8-10)15(14)22-17-16(13)23-18(21)19-17/h4-7,10-11,13-15H,2-3,8H2,1H3,(H,19,21)/t10-,11-,13-,14-,15+/m1/s1. The fourth-order valence-electron chi connectivity index (χ4n) is 5.03. The highest BCUT2D eigenvalue weighted by atomic mass is 32.2. The molecule has 5 atom stereocenters. The van der Waals surface area contributed by atoms with Gasteiger partial charge in [0.2, 0.25) is 0 Å². The minimum atomic E-state index is 0.510. The molecule has 0 radical (unpaired) electrons. The van der Waals surface area contributed by atoms with Gasteiger partial charge in [0.25, 0.3) is 0 Å². The number of aromatic nitrogens is 1. The fourth-order valence-corrected chi connectivity index (χ4v) is 8.37. The molecule has 2 heterocycles. The van der Waals surface area contributed by atoms with Gasteiger partial charge in [-0.25, -0.2) is 0 Å². The summed E-state index contributed by atoms with van der Waals surface area (Å²) in [6.07, 6.45) is 4.28. The van der Waals surface area contributed by atoms with Gasteiger partial charge in [-0.3, -0.25) is 0 Å². The molecular weight excluding hydrogens is 342 g/mol. The van der Waals surface area contributed by atoms with E-state index in [4.69, 9.17) is 17.0 Å². The van der Waals surface area contributed by atoms with Gasteiger partial charge < -0.3 is 9.72 Å². The van der Waals surface area contributed by atoms with E-state index in [1.54, 1.807) is 18.4 Å². The number of thioether (sulfide) groups is 1. The van der Waals surface area contributed by atoms with E-state index < -0.39 is 0 Å². The summed E-state index contributed by atoms with van der Waals surface area (Å²) in [6, 6.07) is 8.72. The molecule has 1 aromatic carbocycles. The van der Waals surface area contributed by atoms with E-state index in [-0.39, 0.29) is 0 Å². The maximum absolute atomic E-state index is 5.46. The quantitative estimate of drug-likeness (QED) is 0.718. The summed E-state index contributed by atoms with van der Waals surface area (Å²) in [6.45, 7) is 0. The van der Waals surface area contributed by atoms with Crippen LogP contribution in [0.1, 0.15) is 35.6 Å². The fraction of sp³-hybridized carbons (Fsp3) is 0.500. The van der Waals surface area contributed by atoms with Gasteiger partial charge in [-0.05, 0) is 66.9 Å². The van der Waals surface area contributed by atoms with Crippen LogP contribution >= 0.6 is 35.3 Å². The highest BCUT2D eigenvalue weighted by Crippen LogP contribution is 2.64. The van der Waals surface area contributed by atoms with E-state index in [2.05, 4.69) is 41.0 Å². The average Bonchev–Trinajstić information content (AvgIpc) is 3.26. The van der Waals surface area contributed by atoms with Crippen LogP contribution in [0.15, 0.2) is 29.3 Å². The Morgan fingerprint density at radius 3 is 2.74 bits per heavy atom. The largest absolute Gasteiger partial charge is 0.497 e. The van der Waals surface area contributed by atoms with Crippen LogP contribution < -0.4 is 4.74 Å². The summed E-state index contributed by atoms with van der Waals surface area (Å²) in [5.74, 6) is 4.03.